The van der Waals surface area contributed by atoms with Gasteiger partial charge in [0.05, 0.1) is 12.6 Å². The average Bonchev–Trinajstić information content (AvgIpc) is 3.34. The number of hydrogen-bond acceptors (Lipinski definition) is 3. The van der Waals surface area contributed by atoms with Gasteiger partial charge in [-0.15, -0.1) is 0 Å². The minimum absolute atomic E-state index is 0.0837. The number of carbonyl (C=O) groups excluding carboxylic acids is 1. The Labute approximate surface area is 239 Å². The Morgan fingerprint density at radius 2 is 1.57 bits per heavy atom. The van der Waals surface area contributed by atoms with E-state index in [-0.39, 0.29) is 23.9 Å². The maximum atomic E-state index is 13.8. The van der Waals surface area contributed by atoms with Crippen LogP contribution in [0.4, 0.5) is 0 Å². The summed E-state index contributed by atoms with van der Waals surface area (Å²) in [6.45, 7) is 12.7. The third-order valence-electron chi connectivity index (χ3n) is 7.70. The molecule has 0 aliphatic rings. The second-order valence-corrected chi connectivity index (χ2v) is 12.2. The van der Waals surface area contributed by atoms with Gasteiger partial charge in [0.25, 0.3) is 0 Å². The molecule has 1 atom stereocenters. The number of rotatable bonds is 12. The molecule has 1 aromatic heterocycles. The molecule has 1 unspecified atom stereocenters. The molecule has 0 radical (unpaired) electrons. The first-order chi connectivity index (χ1) is 19.1. The summed E-state index contributed by atoms with van der Waals surface area (Å²) >= 11 is 0. The average molecular weight is 540 g/mol. The van der Waals surface area contributed by atoms with E-state index in [1.165, 1.54) is 16.5 Å². The lowest BCUT2D eigenvalue weighted by atomic mass is 9.87. The van der Waals surface area contributed by atoms with Gasteiger partial charge in [0.1, 0.15) is 0 Å². The second kappa shape index (κ2) is 13.3. The molecule has 40 heavy (non-hydrogen) atoms. The molecule has 2 N–H and O–H groups in total. The van der Waals surface area contributed by atoms with Crippen molar-refractivity contribution in [2.45, 2.75) is 71.6 Å². The summed E-state index contributed by atoms with van der Waals surface area (Å²) in [5.74, 6) is 0.0837. The number of para-hydroxylation sites is 1. The molecule has 4 rings (SSSR count). The first-order valence-corrected chi connectivity index (χ1v) is 14.5. The minimum atomic E-state index is -0.540. The van der Waals surface area contributed by atoms with Crippen LogP contribution in [0.3, 0.4) is 0 Å². The number of aliphatic hydroxyl groups is 1. The van der Waals surface area contributed by atoms with E-state index >= 15 is 0 Å². The van der Waals surface area contributed by atoms with Crippen LogP contribution in [0, 0.1) is 0 Å². The molecular formula is C35H45N3O2. The van der Waals surface area contributed by atoms with Crippen molar-refractivity contribution in [2.24, 2.45) is 0 Å². The zero-order valence-electron chi connectivity index (χ0n) is 24.7. The fourth-order valence-corrected chi connectivity index (χ4v) is 5.17. The van der Waals surface area contributed by atoms with E-state index in [0.717, 1.165) is 23.1 Å². The van der Waals surface area contributed by atoms with Crippen LogP contribution in [0.2, 0.25) is 0 Å². The van der Waals surface area contributed by atoms with Crippen molar-refractivity contribution in [2.75, 3.05) is 19.6 Å². The predicted molar refractivity (Wildman–Crippen MR) is 165 cm³/mol. The van der Waals surface area contributed by atoms with Crippen LogP contribution >= 0.6 is 0 Å². The van der Waals surface area contributed by atoms with Crippen LogP contribution in [-0.2, 0) is 29.6 Å². The summed E-state index contributed by atoms with van der Waals surface area (Å²) < 4.78 is 0. The molecule has 0 bridgehead atoms. The smallest absolute Gasteiger partial charge is 0.237 e. The van der Waals surface area contributed by atoms with Crippen LogP contribution in [0.25, 0.3) is 10.9 Å². The lowest BCUT2D eigenvalue weighted by Crippen LogP contribution is -2.46. The van der Waals surface area contributed by atoms with Gasteiger partial charge in [-0.05, 0) is 60.4 Å². The number of H-pyrrole nitrogens is 1. The van der Waals surface area contributed by atoms with E-state index in [4.69, 9.17) is 0 Å². The van der Waals surface area contributed by atoms with Crippen molar-refractivity contribution in [1.29, 1.82) is 0 Å². The largest absolute Gasteiger partial charge is 0.391 e. The van der Waals surface area contributed by atoms with Crippen molar-refractivity contribution >= 4 is 16.8 Å². The SMILES string of the molecule is CC(C)N(CC(=O)N(CCc1c[nH]c2ccccc12)Cc1ccc(C(C)(C)C)cc1)CC(O)Cc1ccccc1. The number of fused-ring (bicyclic) bond motifs is 1. The summed E-state index contributed by atoms with van der Waals surface area (Å²) in [4.78, 5) is 21.3. The number of nitrogens with zero attached hydrogens (tertiary/aromatic N) is 2. The van der Waals surface area contributed by atoms with Crippen molar-refractivity contribution < 1.29 is 9.90 Å². The molecule has 212 valence electrons. The molecule has 0 aliphatic heterocycles. The van der Waals surface area contributed by atoms with Crippen LogP contribution in [0.15, 0.2) is 85.1 Å². The number of nitrogens with one attached hydrogen (secondary N) is 1. The van der Waals surface area contributed by atoms with E-state index in [9.17, 15) is 9.90 Å². The van der Waals surface area contributed by atoms with E-state index in [2.05, 4.69) is 93.2 Å². The highest BCUT2D eigenvalue weighted by atomic mass is 16.3. The fourth-order valence-electron chi connectivity index (χ4n) is 5.17. The maximum absolute atomic E-state index is 13.8. The first kappa shape index (κ1) is 29.6. The topological polar surface area (TPSA) is 59.6 Å². The maximum Gasteiger partial charge on any atom is 0.237 e. The highest BCUT2D eigenvalue weighted by Crippen LogP contribution is 2.23. The predicted octanol–water partition coefficient (Wildman–Crippen LogP) is 6.35. The first-order valence-electron chi connectivity index (χ1n) is 14.5. The van der Waals surface area contributed by atoms with Crippen LogP contribution in [0.5, 0.6) is 0 Å². The van der Waals surface area contributed by atoms with Gasteiger partial charge in [0.15, 0.2) is 0 Å². The number of aliphatic hydroxyl groups excluding tert-OH is 1. The number of amides is 1. The van der Waals surface area contributed by atoms with Gasteiger partial charge < -0.3 is 15.0 Å². The molecule has 0 spiro atoms. The van der Waals surface area contributed by atoms with Gasteiger partial charge in [0, 0.05) is 42.8 Å². The monoisotopic (exact) mass is 539 g/mol. The Morgan fingerprint density at radius 1 is 0.900 bits per heavy atom. The Bertz CT molecular complexity index is 1350. The molecular weight excluding hydrogens is 494 g/mol. The summed E-state index contributed by atoms with van der Waals surface area (Å²) in [6, 6.07) is 27.1. The van der Waals surface area contributed by atoms with E-state index in [1.807, 2.05) is 41.3 Å². The Morgan fingerprint density at radius 3 is 2.25 bits per heavy atom. The van der Waals surface area contributed by atoms with Crippen molar-refractivity contribution in [3.63, 3.8) is 0 Å². The highest BCUT2D eigenvalue weighted by molar-refractivity contribution is 5.83. The zero-order valence-corrected chi connectivity index (χ0v) is 24.7. The number of aromatic amines is 1. The molecule has 0 saturated heterocycles. The molecule has 0 aliphatic carbocycles. The quantitative estimate of drug-likeness (QED) is 0.221. The van der Waals surface area contributed by atoms with Crippen molar-refractivity contribution in [1.82, 2.24) is 14.8 Å². The van der Waals surface area contributed by atoms with Crippen molar-refractivity contribution in [3.8, 4) is 0 Å². The number of hydrogen-bond donors (Lipinski definition) is 2. The third-order valence-corrected chi connectivity index (χ3v) is 7.70. The second-order valence-electron chi connectivity index (χ2n) is 12.2. The van der Waals surface area contributed by atoms with E-state index < -0.39 is 6.10 Å². The molecule has 0 fully saturated rings. The molecule has 3 aromatic carbocycles. The van der Waals surface area contributed by atoms with E-state index in [1.54, 1.807) is 0 Å². The van der Waals surface area contributed by atoms with Crippen LogP contribution in [0.1, 0.15) is 56.9 Å². The Kier molecular flexibility index (Phi) is 9.83. The minimum Gasteiger partial charge on any atom is -0.391 e. The van der Waals surface area contributed by atoms with Crippen LogP contribution < -0.4 is 0 Å². The summed E-state index contributed by atoms with van der Waals surface area (Å²) in [6.07, 6.45) is 2.87. The van der Waals surface area contributed by atoms with Gasteiger partial charge in [-0.25, -0.2) is 0 Å². The Balaban J connectivity index is 1.48. The molecule has 5 heteroatoms. The molecule has 5 nitrogen and oxygen atoms in total. The number of benzene rings is 3. The van der Waals surface area contributed by atoms with Crippen LogP contribution in [-0.4, -0.2) is 57.6 Å². The lowest BCUT2D eigenvalue weighted by molar-refractivity contribution is -0.133. The van der Waals surface area contributed by atoms with Gasteiger partial charge in [-0.3, -0.25) is 9.69 Å². The summed E-state index contributed by atoms with van der Waals surface area (Å²) in [5, 5.41) is 12.1. The van der Waals surface area contributed by atoms with Crippen molar-refractivity contribution in [3.05, 3.63) is 107 Å². The molecule has 1 heterocycles. The number of aromatic nitrogens is 1. The van der Waals surface area contributed by atoms with E-state index in [0.29, 0.717) is 26.1 Å². The lowest BCUT2D eigenvalue weighted by Gasteiger charge is -2.31. The Hall–Kier alpha value is -3.41. The normalized spacial score (nSPS) is 12.8. The van der Waals surface area contributed by atoms with Gasteiger partial charge in [-0.1, -0.05) is 93.6 Å². The van der Waals surface area contributed by atoms with Gasteiger partial charge in [-0.2, -0.15) is 0 Å². The van der Waals surface area contributed by atoms with Gasteiger partial charge in [0.2, 0.25) is 5.91 Å². The molecule has 4 aromatic rings. The summed E-state index contributed by atoms with van der Waals surface area (Å²) in [7, 11) is 0. The number of carbonyl (C=O) groups is 1. The fraction of sp³-hybridized carbons (Fsp3) is 0.400. The standard InChI is InChI=1S/C35H45N3O2/c1-26(2)38(24-31(39)21-27-11-7-6-8-12-27)25-34(40)37(23-28-15-17-30(18-16-28)35(3,4)5)20-19-29-22-36-33-14-10-9-13-32(29)33/h6-18,22,26,31,36,39H,19-21,23-25H2,1-5H3. The zero-order chi connectivity index (χ0) is 28.7. The molecule has 0 saturated carbocycles. The molecule has 1 amide bonds. The third kappa shape index (κ3) is 8.06. The summed E-state index contributed by atoms with van der Waals surface area (Å²) in [5.41, 5.74) is 5.93. The highest BCUT2D eigenvalue weighted by Gasteiger charge is 2.23. The van der Waals surface area contributed by atoms with Gasteiger partial charge >= 0.3 is 0 Å².